The third kappa shape index (κ3) is 3.96. The second-order valence-electron chi connectivity index (χ2n) is 4.18. The van der Waals surface area contributed by atoms with E-state index in [-0.39, 0.29) is 5.28 Å². The van der Waals surface area contributed by atoms with Gasteiger partial charge in [-0.3, -0.25) is 0 Å². The van der Waals surface area contributed by atoms with Crippen molar-refractivity contribution in [2.24, 2.45) is 0 Å². The minimum Gasteiger partial charge on any atom is -0.366 e. The van der Waals surface area contributed by atoms with Gasteiger partial charge in [0.15, 0.2) is 0 Å². The summed E-state index contributed by atoms with van der Waals surface area (Å²) >= 11 is 5.68. The summed E-state index contributed by atoms with van der Waals surface area (Å²) in [7, 11) is 0. The van der Waals surface area contributed by atoms with Crippen molar-refractivity contribution in [3.63, 3.8) is 0 Å². The summed E-state index contributed by atoms with van der Waals surface area (Å²) in [6, 6.07) is 10.7. The Morgan fingerprint density at radius 3 is 2.78 bits per heavy atom. The Kier molecular flexibility index (Phi) is 4.47. The average molecular weight is 263 g/mol. The Morgan fingerprint density at radius 1 is 1.28 bits per heavy atom. The predicted octanol–water partition coefficient (Wildman–Crippen LogP) is 2.96. The standard InChI is InChI=1S/C13H15ClN4/c1-10(7-8-11-5-3-2-4-6-11)16-12-9-15-18-13(14)17-12/h2-6,9-10H,7-8H2,1H3,(H,16,17,18). The van der Waals surface area contributed by atoms with Gasteiger partial charge in [-0.25, -0.2) is 0 Å². The molecule has 1 unspecified atom stereocenters. The molecule has 0 aliphatic carbocycles. The molecule has 2 rings (SSSR count). The van der Waals surface area contributed by atoms with Gasteiger partial charge in [-0.1, -0.05) is 30.3 Å². The van der Waals surface area contributed by atoms with Gasteiger partial charge in [0, 0.05) is 6.04 Å². The molecule has 1 aromatic heterocycles. The Hall–Kier alpha value is -1.68. The van der Waals surface area contributed by atoms with Crippen LogP contribution in [0.4, 0.5) is 5.82 Å². The summed E-state index contributed by atoms with van der Waals surface area (Å²) in [4.78, 5) is 4.05. The van der Waals surface area contributed by atoms with Crippen molar-refractivity contribution < 1.29 is 0 Å². The number of nitrogens with one attached hydrogen (secondary N) is 1. The Labute approximate surface area is 111 Å². The van der Waals surface area contributed by atoms with Crippen LogP contribution < -0.4 is 5.32 Å². The Balaban J connectivity index is 1.84. The first-order chi connectivity index (χ1) is 8.74. The summed E-state index contributed by atoms with van der Waals surface area (Å²) in [5.74, 6) is 0.663. The van der Waals surface area contributed by atoms with Crippen molar-refractivity contribution in [2.75, 3.05) is 5.32 Å². The molecular weight excluding hydrogens is 248 g/mol. The average Bonchev–Trinajstić information content (AvgIpc) is 2.38. The molecule has 1 aromatic carbocycles. The van der Waals surface area contributed by atoms with E-state index in [2.05, 4.69) is 51.7 Å². The molecule has 0 spiro atoms. The van der Waals surface area contributed by atoms with Crippen molar-refractivity contribution in [2.45, 2.75) is 25.8 Å². The molecule has 4 nitrogen and oxygen atoms in total. The molecule has 0 fully saturated rings. The first-order valence-corrected chi connectivity index (χ1v) is 6.27. The summed E-state index contributed by atoms with van der Waals surface area (Å²) in [6.07, 6.45) is 3.62. The lowest BCUT2D eigenvalue weighted by molar-refractivity contribution is 0.701. The van der Waals surface area contributed by atoms with Crippen molar-refractivity contribution in [1.82, 2.24) is 15.2 Å². The van der Waals surface area contributed by atoms with Crippen LogP contribution in [0, 0.1) is 0 Å². The van der Waals surface area contributed by atoms with Gasteiger partial charge in [-0.05, 0) is 36.9 Å². The van der Waals surface area contributed by atoms with E-state index in [0.717, 1.165) is 12.8 Å². The fraction of sp³-hybridized carbons (Fsp3) is 0.308. The van der Waals surface area contributed by atoms with Crippen LogP contribution in [0.15, 0.2) is 36.5 Å². The van der Waals surface area contributed by atoms with E-state index in [1.54, 1.807) is 6.20 Å². The number of nitrogens with zero attached hydrogens (tertiary/aromatic N) is 3. The van der Waals surface area contributed by atoms with Gasteiger partial charge in [-0.15, -0.1) is 5.10 Å². The maximum absolute atomic E-state index is 5.68. The number of benzene rings is 1. The third-order valence-corrected chi connectivity index (χ3v) is 2.80. The SMILES string of the molecule is CC(CCc1ccccc1)Nc1cnnc(Cl)n1. The molecule has 1 heterocycles. The van der Waals surface area contributed by atoms with Crippen LogP contribution in [0.3, 0.4) is 0 Å². The minimum atomic E-state index is 0.162. The van der Waals surface area contributed by atoms with Crippen LogP contribution in [-0.2, 0) is 6.42 Å². The van der Waals surface area contributed by atoms with Crippen molar-refractivity contribution in [3.8, 4) is 0 Å². The number of halogens is 1. The van der Waals surface area contributed by atoms with Gasteiger partial charge in [0.25, 0.3) is 0 Å². The van der Waals surface area contributed by atoms with E-state index in [1.807, 2.05) is 6.07 Å². The first-order valence-electron chi connectivity index (χ1n) is 5.90. The molecule has 1 atom stereocenters. The highest BCUT2D eigenvalue weighted by atomic mass is 35.5. The lowest BCUT2D eigenvalue weighted by Gasteiger charge is -2.13. The molecule has 94 valence electrons. The number of aromatic nitrogens is 3. The van der Waals surface area contributed by atoms with E-state index >= 15 is 0 Å². The molecule has 0 aliphatic rings. The number of rotatable bonds is 5. The maximum atomic E-state index is 5.68. The number of hydrogen-bond donors (Lipinski definition) is 1. The van der Waals surface area contributed by atoms with Crippen LogP contribution in [0.25, 0.3) is 0 Å². The molecule has 0 bridgehead atoms. The third-order valence-electron chi connectivity index (χ3n) is 2.64. The van der Waals surface area contributed by atoms with Crippen molar-refractivity contribution in [3.05, 3.63) is 47.4 Å². The number of aryl methyl sites for hydroxylation is 1. The van der Waals surface area contributed by atoms with E-state index in [1.165, 1.54) is 5.56 Å². The minimum absolute atomic E-state index is 0.162. The molecule has 5 heteroatoms. The van der Waals surface area contributed by atoms with Gasteiger partial charge < -0.3 is 5.32 Å². The van der Waals surface area contributed by atoms with Gasteiger partial charge in [0.1, 0.15) is 5.82 Å². The number of hydrogen-bond acceptors (Lipinski definition) is 4. The van der Waals surface area contributed by atoms with Crippen LogP contribution in [0.2, 0.25) is 5.28 Å². The molecule has 2 aromatic rings. The molecule has 0 radical (unpaired) electrons. The van der Waals surface area contributed by atoms with Gasteiger partial charge in [0.05, 0.1) is 6.20 Å². The predicted molar refractivity (Wildman–Crippen MR) is 72.7 cm³/mol. The zero-order valence-electron chi connectivity index (χ0n) is 10.2. The Bertz CT molecular complexity index is 489. The first kappa shape index (κ1) is 12.8. The smallest absolute Gasteiger partial charge is 0.244 e. The molecule has 0 saturated heterocycles. The van der Waals surface area contributed by atoms with Crippen LogP contribution in [0.5, 0.6) is 0 Å². The molecular formula is C13H15ClN4. The van der Waals surface area contributed by atoms with E-state index in [4.69, 9.17) is 11.6 Å². The molecule has 18 heavy (non-hydrogen) atoms. The molecule has 0 amide bonds. The Morgan fingerprint density at radius 2 is 2.06 bits per heavy atom. The van der Waals surface area contributed by atoms with E-state index < -0.39 is 0 Å². The highest BCUT2D eigenvalue weighted by Crippen LogP contribution is 2.10. The molecule has 1 N–H and O–H groups in total. The number of anilines is 1. The van der Waals surface area contributed by atoms with Gasteiger partial charge >= 0.3 is 0 Å². The molecule has 0 saturated carbocycles. The fourth-order valence-corrected chi connectivity index (χ4v) is 1.84. The van der Waals surface area contributed by atoms with Crippen LogP contribution in [0.1, 0.15) is 18.9 Å². The zero-order valence-corrected chi connectivity index (χ0v) is 10.9. The second-order valence-corrected chi connectivity index (χ2v) is 4.52. The van der Waals surface area contributed by atoms with Crippen molar-refractivity contribution in [1.29, 1.82) is 0 Å². The fourth-order valence-electron chi connectivity index (χ4n) is 1.70. The van der Waals surface area contributed by atoms with Gasteiger partial charge in [-0.2, -0.15) is 10.1 Å². The summed E-state index contributed by atoms with van der Waals surface area (Å²) in [6.45, 7) is 2.11. The topological polar surface area (TPSA) is 50.7 Å². The van der Waals surface area contributed by atoms with E-state index in [9.17, 15) is 0 Å². The lowest BCUT2D eigenvalue weighted by atomic mass is 10.1. The zero-order chi connectivity index (χ0) is 12.8. The normalized spacial score (nSPS) is 12.1. The summed E-state index contributed by atoms with van der Waals surface area (Å²) < 4.78 is 0. The molecule has 0 aliphatic heterocycles. The maximum Gasteiger partial charge on any atom is 0.244 e. The summed E-state index contributed by atoms with van der Waals surface area (Å²) in [5, 5.41) is 10.8. The van der Waals surface area contributed by atoms with Crippen LogP contribution in [-0.4, -0.2) is 21.2 Å². The highest BCUT2D eigenvalue weighted by Gasteiger charge is 2.04. The summed E-state index contributed by atoms with van der Waals surface area (Å²) in [5.41, 5.74) is 1.34. The van der Waals surface area contributed by atoms with Gasteiger partial charge in [0.2, 0.25) is 5.28 Å². The van der Waals surface area contributed by atoms with Crippen molar-refractivity contribution >= 4 is 17.4 Å². The lowest BCUT2D eigenvalue weighted by Crippen LogP contribution is -2.17. The van der Waals surface area contributed by atoms with E-state index in [0.29, 0.717) is 11.9 Å². The van der Waals surface area contributed by atoms with Crippen LogP contribution >= 0.6 is 11.6 Å². The second kappa shape index (κ2) is 6.31. The largest absolute Gasteiger partial charge is 0.366 e. The highest BCUT2D eigenvalue weighted by molar-refractivity contribution is 6.28. The quantitative estimate of drug-likeness (QED) is 0.900. The monoisotopic (exact) mass is 262 g/mol.